The molecule has 0 saturated heterocycles. The van der Waals surface area contributed by atoms with Crippen LogP contribution in [0.2, 0.25) is 0 Å². The van der Waals surface area contributed by atoms with Gasteiger partial charge in [0.2, 0.25) is 0 Å². The third-order valence-corrected chi connectivity index (χ3v) is 1.79. The van der Waals surface area contributed by atoms with Crippen molar-refractivity contribution in [3.8, 4) is 5.75 Å². The van der Waals surface area contributed by atoms with Gasteiger partial charge in [-0.1, -0.05) is 0 Å². The second kappa shape index (κ2) is 3.43. The summed E-state index contributed by atoms with van der Waals surface area (Å²) in [4.78, 5) is 4.11. The third-order valence-electron chi connectivity index (χ3n) is 1.79. The number of aryl methyl sites for hydroxylation is 1. The molecule has 0 aliphatic carbocycles. The molecule has 2 N–H and O–H groups in total. The quantitative estimate of drug-likeness (QED) is 0.727. The molecule has 0 unspecified atom stereocenters. The van der Waals surface area contributed by atoms with Crippen molar-refractivity contribution >= 4 is 5.82 Å². The van der Waals surface area contributed by atoms with Crippen LogP contribution in [0.1, 0.15) is 18.2 Å². The van der Waals surface area contributed by atoms with Crippen LogP contribution in [-0.4, -0.2) is 11.6 Å². The fourth-order valence-electron chi connectivity index (χ4n) is 1.04. The molecule has 0 amide bonds. The van der Waals surface area contributed by atoms with Gasteiger partial charge >= 0.3 is 0 Å². The number of nitrogens with two attached hydrogens (primary N) is 1. The number of ether oxygens (including phenoxy) is 1. The van der Waals surface area contributed by atoms with Crippen LogP contribution in [-0.2, 0) is 0 Å². The van der Waals surface area contributed by atoms with Crippen molar-refractivity contribution in [1.82, 2.24) is 4.98 Å². The normalized spacial score (nSPS) is 9.92. The van der Waals surface area contributed by atoms with Crippen molar-refractivity contribution in [2.75, 3.05) is 12.3 Å². The average Bonchev–Trinajstić information content (AvgIpc) is 2.00. The first-order valence-corrected chi connectivity index (χ1v) is 4.01. The molecule has 1 heterocycles. The molecule has 66 valence electrons. The van der Waals surface area contributed by atoms with E-state index in [1.807, 2.05) is 20.8 Å². The van der Waals surface area contributed by atoms with E-state index in [2.05, 4.69) is 4.98 Å². The van der Waals surface area contributed by atoms with E-state index >= 15 is 0 Å². The van der Waals surface area contributed by atoms with Crippen LogP contribution in [0.4, 0.5) is 5.82 Å². The van der Waals surface area contributed by atoms with Gasteiger partial charge in [-0.05, 0) is 20.8 Å². The second-order valence-electron chi connectivity index (χ2n) is 2.69. The molecule has 0 atom stereocenters. The molecule has 3 nitrogen and oxygen atoms in total. The molecule has 1 aromatic rings. The summed E-state index contributed by atoms with van der Waals surface area (Å²) in [6.45, 7) is 6.51. The molecule has 3 heteroatoms. The van der Waals surface area contributed by atoms with Crippen LogP contribution < -0.4 is 10.5 Å². The molecular weight excluding hydrogens is 152 g/mol. The average molecular weight is 166 g/mol. The van der Waals surface area contributed by atoms with Crippen molar-refractivity contribution in [1.29, 1.82) is 0 Å². The molecule has 0 aliphatic rings. The topological polar surface area (TPSA) is 48.1 Å². The molecule has 0 radical (unpaired) electrons. The van der Waals surface area contributed by atoms with E-state index in [1.165, 1.54) is 0 Å². The minimum atomic E-state index is 0.515. The molecule has 12 heavy (non-hydrogen) atoms. The van der Waals surface area contributed by atoms with Gasteiger partial charge in [0.1, 0.15) is 11.6 Å². The summed E-state index contributed by atoms with van der Waals surface area (Å²) < 4.78 is 5.38. The zero-order valence-corrected chi connectivity index (χ0v) is 7.72. The van der Waals surface area contributed by atoms with Crippen LogP contribution in [0.5, 0.6) is 5.75 Å². The SMILES string of the molecule is CCOc1cc(N)nc(C)c1C. The molecule has 0 aliphatic heterocycles. The maximum absolute atomic E-state index is 5.57. The summed E-state index contributed by atoms with van der Waals surface area (Å²) in [5, 5.41) is 0. The predicted octanol–water partition coefficient (Wildman–Crippen LogP) is 1.68. The highest BCUT2D eigenvalue weighted by Crippen LogP contribution is 2.21. The van der Waals surface area contributed by atoms with Crippen LogP contribution in [0.15, 0.2) is 6.07 Å². The number of nitrogens with zero attached hydrogens (tertiary/aromatic N) is 1. The Balaban J connectivity index is 3.09. The zero-order chi connectivity index (χ0) is 9.14. The molecular formula is C9H14N2O. The van der Waals surface area contributed by atoms with Gasteiger partial charge in [0, 0.05) is 17.3 Å². The summed E-state index contributed by atoms with van der Waals surface area (Å²) in [6, 6.07) is 1.76. The Kier molecular flexibility index (Phi) is 2.53. The molecule has 0 fully saturated rings. The summed E-state index contributed by atoms with van der Waals surface area (Å²) >= 11 is 0. The minimum absolute atomic E-state index is 0.515. The molecule has 0 saturated carbocycles. The molecule has 0 bridgehead atoms. The summed E-state index contributed by atoms with van der Waals surface area (Å²) in [6.07, 6.45) is 0. The van der Waals surface area contributed by atoms with Crippen LogP contribution in [0.25, 0.3) is 0 Å². The number of rotatable bonds is 2. The van der Waals surface area contributed by atoms with E-state index in [1.54, 1.807) is 6.07 Å². The van der Waals surface area contributed by atoms with Gasteiger partial charge in [-0.25, -0.2) is 4.98 Å². The van der Waals surface area contributed by atoms with Gasteiger partial charge < -0.3 is 10.5 Å². The lowest BCUT2D eigenvalue weighted by atomic mass is 10.2. The van der Waals surface area contributed by atoms with Crippen molar-refractivity contribution in [3.63, 3.8) is 0 Å². The second-order valence-corrected chi connectivity index (χ2v) is 2.69. The fourth-order valence-corrected chi connectivity index (χ4v) is 1.04. The third kappa shape index (κ3) is 1.67. The Labute approximate surface area is 72.6 Å². The molecule has 0 spiro atoms. The highest BCUT2D eigenvalue weighted by atomic mass is 16.5. The van der Waals surface area contributed by atoms with E-state index in [0.29, 0.717) is 12.4 Å². The first-order valence-electron chi connectivity index (χ1n) is 4.01. The van der Waals surface area contributed by atoms with Crippen molar-refractivity contribution in [2.45, 2.75) is 20.8 Å². The van der Waals surface area contributed by atoms with Gasteiger partial charge in [0.05, 0.1) is 6.61 Å². The van der Waals surface area contributed by atoms with Crippen molar-refractivity contribution in [2.24, 2.45) is 0 Å². The lowest BCUT2D eigenvalue weighted by Gasteiger charge is -2.09. The van der Waals surface area contributed by atoms with Crippen LogP contribution in [0, 0.1) is 13.8 Å². The van der Waals surface area contributed by atoms with Gasteiger partial charge in [0.15, 0.2) is 0 Å². The molecule has 1 rings (SSSR count). The molecule has 0 aromatic carbocycles. The minimum Gasteiger partial charge on any atom is -0.493 e. The standard InChI is InChI=1S/C9H14N2O/c1-4-12-8-5-9(10)11-7(3)6(8)2/h5H,4H2,1-3H3,(H2,10,11). The Morgan fingerprint density at radius 2 is 2.17 bits per heavy atom. The number of hydrogen-bond acceptors (Lipinski definition) is 3. The van der Waals surface area contributed by atoms with E-state index < -0.39 is 0 Å². The van der Waals surface area contributed by atoms with Gasteiger partial charge in [-0.3, -0.25) is 0 Å². The maximum atomic E-state index is 5.57. The van der Waals surface area contributed by atoms with Gasteiger partial charge in [-0.15, -0.1) is 0 Å². The Morgan fingerprint density at radius 3 is 2.75 bits per heavy atom. The fraction of sp³-hybridized carbons (Fsp3) is 0.444. The predicted molar refractivity (Wildman–Crippen MR) is 49.3 cm³/mol. The summed E-state index contributed by atoms with van der Waals surface area (Å²) in [7, 11) is 0. The summed E-state index contributed by atoms with van der Waals surface area (Å²) in [5.41, 5.74) is 7.56. The largest absolute Gasteiger partial charge is 0.493 e. The van der Waals surface area contributed by atoms with Gasteiger partial charge in [-0.2, -0.15) is 0 Å². The highest BCUT2D eigenvalue weighted by molar-refractivity contribution is 5.44. The van der Waals surface area contributed by atoms with E-state index in [9.17, 15) is 0 Å². The Morgan fingerprint density at radius 1 is 1.50 bits per heavy atom. The van der Waals surface area contributed by atoms with E-state index in [4.69, 9.17) is 10.5 Å². The maximum Gasteiger partial charge on any atom is 0.127 e. The monoisotopic (exact) mass is 166 g/mol. The Bertz CT molecular complexity index is 284. The smallest absolute Gasteiger partial charge is 0.127 e. The van der Waals surface area contributed by atoms with Gasteiger partial charge in [0.25, 0.3) is 0 Å². The molecule has 1 aromatic heterocycles. The first kappa shape index (κ1) is 8.84. The zero-order valence-electron chi connectivity index (χ0n) is 7.72. The number of nitrogen functional groups attached to an aromatic ring is 1. The van der Waals surface area contributed by atoms with E-state index in [0.717, 1.165) is 17.0 Å². The number of anilines is 1. The number of hydrogen-bond donors (Lipinski definition) is 1. The highest BCUT2D eigenvalue weighted by Gasteiger charge is 2.03. The number of aromatic nitrogens is 1. The number of pyridine rings is 1. The lowest BCUT2D eigenvalue weighted by molar-refractivity contribution is 0.337. The Hall–Kier alpha value is -1.25. The van der Waals surface area contributed by atoms with E-state index in [-0.39, 0.29) is 0 Å². The van der Waals surface area contributed by atoms with Crippen molar-refractivity contribution in [3.05, 3.63) is 17.3 Å². The lowest BCUT2D eigenvalue weighted by Crippen LogP contribution is -2.00. The van der Waals surface area contributed by atoms with Crippen molar-refractivity contribution < 1.29 is 4.74 Å². The first-order chi connectivity index (χ1) is 5.65. The summed E-state index contributed by atoms with van der Waals surface area (Å²) in [5.74, 6) is 1.35. The van der Waals surface area contributed by atoms with Crippen LogP contribution in [0.3, 0.4) is 0 Å². The van der Waals surface area contributed by atoms with Crippen LogP contribution >= 0.6 is 0 Å².